The lowest BCUT2D eigenvalue weighted by Crippen LogP contribution is -2.56. The molecule has 9 heteroatoms. The van der Waals surface area contributed by atoms with E-state index in [2.05, 4.69) is 18.7 Å². The first kappa shape index (κ1) is 21.0. The molecule has 3 atom stereocenters. The van der Waals surface area contributed by atoms with Crippen LogP contribution in [0.25, 0.3) is 0 Å². The minimum Gasteiger partial charge on any atom is -0.341 e. The van der Waals surface area contributed by atoms with Crippen molar-refractivity contribution >= 4 is 38.9 Å². The van der Waals surface area contributed by atoms with Gasteiger partial charge in [-0.15, -0.1) is 11.3 Å². The van der Waals surface area contributed by atoms with E-state index in [1.54, 1.807) is 12.1 Å². The van der Waals surface area contributed by atoms with E-state index in [4.69, 9.17) is 11.6 Å². The first-order valence-electron chi connectivity index (χ1n) is 9.46. The van der Waals surface area contributed by atoms with E-state index in [1.807, 2.05) is 11.8 Å². The van der Waals surface area contributed by atoms with Crippen LogP contribution in [-0.4, -0.2) is 73.7 Å². The van der Waals surface area contributed by atoms with Crippen molar-refractivity contribution in [2.24, 2.45) is 11.8 Å². The molecule has 0 unspecified atom stereocenters. The highest BCUT2D eigenvalue weighted by molar-refractivity contribution is 7.91. The number of carbonyl (C=O) groups is 1. The number of hydrogen-bond donors (Lipinski definition) is 0. The van der Waals surface area contributed by atoms with Gasteiger partial charge in [0, 0.05) is 39.3 Å². The summed E-state index contributed by atoms with van der Waals surface area (Å²) in [7, 11) is -3.50. The van der Waals surface area contributed by atoms with Gasteiger partial charge in [-0.1, -0.05) is 25.4 Å². The fraction of sp³-hybridized carbons (Fsp3) is 0.722. The van der Waals surface area contributed by atoms with E-state index >= 15 is 0 Å². The molecule has 0 spiro atoms. The van der Waals surface area contributed by atoms with Gasteiger partial charge in [0.15, 0.2) is 0 Å². The van der Waals surface area contributed by atoms with E-state index in [-0.39, 0.29) is 16.2 Å². The second-order valence-electron chi connectivity index (χ2n) is 7.86. The van der Waals surface area contributed by atoms with Crippen LogP contribution in [0, 0.1) is 11.8 Å². The van der Waals surface area contributed by atoms with Crippen molar-refractivity contribution in [3.63, 3.8) is 0 Å². The largest absolute Gasteiger partial charge is 0.341 e. The lowest BCUT2D eigenvalue weighted by atomic mass is 9.91. The topological polar surface area (TPSA) is 60.9 Å². The standard InChI is InChI=1S/C18H28ClN3O3S2/c1-13-10-14(2)12-21(11-13)18(23)15(3)20-6-8-22(9-7-20)27(24,25)17-5-4-16(19)26-17/h4-5,13-15H,6-12H2,1-3H3/t13-,14-,15+/m1/s1. The van der Waals surface area contributed by atoms with Crippen molar-refractivity contribution in [2.45, 2.75) is 37.4 Å². The molecular formula is C18H28ClN3O3S2. The fourth-order valence-corrected chi connectivity index (χ4v) is 7.22. The van der Waals surface area contributed by atoms with E-state index in [9.17, 15) is 13.2 Å². The number of thiophene rings is 1. The maximum absolute atomic E-state index is 12.9. The Morgan fingerprint density at radius 1 is 1.15 bits per heavy atom. The lowest BCUT2D eigenvalue weighted by Gasteiger charge is -2.41. The number of hydrogen-bond acceptors (Lipinski definition) is 5. The minimum absolute atomic E-state index is 0.162. The molecule has 3 heterocycles. The number of piperidine rings is 1. The summed E-state index contributed by atoms with van der Waals surface area (Å²) in [5.74, 6) is 1.23. The van der Waals surface area contributed by atoms with Gasteiger partial charge < -0.3 is 4.90 Å². The highest BCUT2D eigenvalue weighted by Crippen LogP contribution is 2.29. The third-order valence-corrected chi connectivity index (χ3v) is 9.10. The van der Waals surface area contributed by atoms with Crippen molar-refractivity contribution in [3.8, 4) is 0 Å². The molecule has 3 rings (SSSR count). The zero-order valence-electron chi connectivity index (χ0n) is 16.1. The maximum atomic E-state index is 12.9. The number of likely N-dealkylation sites (tertiary alicyclic amines) is 1. The molecule has 2 fully saturated rings. The van der Waals surface area contributed by atoms with Crippen molar-refractivity contribution in [1.29, 1.82) is 0 Å². The molecule has 27 heavy (non-hydrogen) atoms. The molecule has 1 aromatic heterocycles. The molecule has 1 amide bonds. The molecule has 0 bridgehead atoms. The van der Waals surface area contributed by atoms with Gasteiger partial charge in [0.2, 0.25) is 5.91 Å². The summed E-state index contributed by atoms with van der Waals surface area (Å²) in [6.07, 6.45) is 1.17. The lowest BCUT2D eigenvalue weighted by molar-refractivity contribution is -0.139. The summed E-state index contributed by atoms with van der Waals surface area (Å²) in [6.45, 7) is 9.87. The number of amides is 1. The van der Waals surface area contributed by atoms with Crippen LogP contribution in [0.4, 0.5) is 0 Å². The van der Waals surface area contributed by atoms with Gasteiger partial charge in [0.1, 0.15) is 4.21 Å². The Bertz CT molecular complexity index is 765. The van der Waals surface area contributed by atoms with Crippen molar-refractivity contribution in [1.82, 2.24) is 14.1 Å². The average Bonchev–Trinajstić information content (AvgIpc) is 3.07. The van der Waals surface area contributed by atoms with Gasteiger partial charge in [-0.3, -0.25) is 9.69 Å². The van der Waals surface area contributed by atoms with Crippen LogP contribution in [-0.2, 0) is 14.8 Å². The Labute approximate surface area is 171 Å². The van der Waals surface area contributed by atoms with E-state index in [1.165, 1.54) is 10.7 Å². The van der Waals surface area contributed by atoms with Crippen LogP contribution in [0.15, 0.2) is 16.3 Å². The Hall–Kier alpha value is -0.670. The SMILES string of the molecule is C[C@@H]1C[C@@H](C)CN(C(=O)[C@H](C)N2CCN(S(=O)(=O)c3ccc(Cl)s3)CC2)C1. The quantitative estimate of drug-likeness (QED) is 0.732. The highest BCUT2D eigenvalue weighted by Gasteiger charge is 2.35. The van der Waals surface area contributed by atoms with E-state index < -0.39 is 10.0 Å². The molecule has 0 aliphatic carbocycles. The summed E-state index contributed by atoms with van der Waals surface area (Å²) in [5, 5.41) is 0. The zero-order chi connectivity index (χ0) is 19.8. The second kappa shape index (κ2) is 8.37. The van der Waals surface area contributed by atoms with Gasteiger partial charge in [0.05, 0.1) is 10.4 Å². The van der Waals surface area contributed by atoms with Crippen LogP contribution in [0.5, 0.6) is 0 Å². The minimum atomic E-state index is -3.50. The predicted molar refractivity (Wildman–Crippen MR) is 109 cm³/mol. The molecule has 2 aliphatic rings. The third kappa shape index (κ3) is 4.67. The van der Waals surface area contributed by atoms with Crippen LogP contribution < -0.4 is 0 Å². The molecular weight excluding hydrogens is 406 g/mol. The number of sulfonamides is 1. The van der Waals surface area contributed by atoms with Gasteiger partial charge in [-0.25, -0.2) is 8.42 Å². The average molecular weight is 434 g/mol. The summed E-state index contributed by atoms with van der Waals surface area (Å²) < 4.78 is 27.7. The first-order valence-corrected chi connectivity index (χ1v) is 12.1. The number of carbonyl (C=O) groups excluding carboxylic acids is 1. The summed E-state index contributed by atoms with van der Waals surface area (Å²) >= 11 is 6.97. The van der Waals surface area contributed by atoms with Gasteiger partial charge in [0.25, 0.3) is 10.0 Å². The zero-order valence-corrected chi connectivity index (χ0v) is 18.5. The molecule has 0 radical (unpaired) electrons. The maximum Gasteiger partial charge on any atom is 0.252 e. The normalized spacial score (nSPS) is 26.9. The Morgan fingerprint density at radius 3 is 2.26 bits per heavy atom. The number of halogens is 1. The van der Waals surface area contributed by atoms with Crippen molar-refractivity contribution in [2.75, 3.05) is 39.3 Å². The van der Waals surface area contributed by atoms with E-state index in [0.29, 0.717) is 42.4 Å². The highest BCUT2D eigenvalue weighted by atomic mass is 35.5. The molecule has 0 aromatic carbocycles. The van der Waals surface area contributed by atoms with Gasteiger partial charge >= 0.3 is 0 Å². The third-order valence-electron chi connectivity index (χ3n) is 5.50. The molecule has 2 aliphatic heterocycles. The fourth-order valence-electron chi connectivity index (χ4n) is 4.16. The molecule has 1 aromatic rings. The monoisotopic (exact) mass is 433 g/mol. The summed E-state index contributed by atoms with van der Waals surface area (Å²) in [6, 6.07) is 2.94. The predicted octanol–water partition coefficient (Wildman–Crippen LogP) is 2.60. The Balaban J connectivity index is 1.59. The number of piperazine rings is 1. The van der Waals surface area contributed by atoms with E-state index in [0.717, 1.165) is 24.4 Å². The first-order chi connectivity index (χ1) is 12.7. The van der Waals surface area contributed by atoms with Crippen LogP contribution in [0.3, 0.4) is 0 Å². The molecule has 0 N–H and O–H groups in total. The Morgan fingerprint density at radius 2 is 1.74 bits per heavy atom. The second-order valence-corrected chi connectivity index (χ2v) is 11.7. The molecule has 6 nitrogen and oxygen atoms in total. The van der Waals surface area contributed by atoms with Crippen molar-refractivity contribution < 1.29 is 13.2 Å². The molecule has 152 valence electrons. The Kier molecular flexibility index (Phi) is 6.52. The van der Waals surface area contributed by atoms with Gasteiger partial charge in [-0.2, -0.15) is 4.31 Å². The number of rotatable bonds is 4. The smallest absolute Gasteiger partial charge is 0.252 e. The molecule has 0 saturated carbocycles. The van der Waals surface area contributed by atoms with Crippen molar-refractivity contribution in [3.05, 3.63) is 16.5 Å². The van der Waals surface area contributed by atoms with Crippen LogP contribution in [0.1, 0.15) is 27.2 Å². The van der Waals surface area contributed by atoms with Gasteiger partial charge in [-0.05, 0) is 37.3 Å². The summed E-state index contributed by atoms with van der Waals surface area (Å²) in [4.78, 5) is 17.0. The summed E-state index contributed by atoms with van der Waals surface area (Å²) in [5.41, 5.74) is 0. The van der Waals surface area contributed by atoms with Crippen LogP contribution >= 0.6 is 22.9 Å². The number of nitrogens with zero attached hydrogens (tertiary/aromatic N) is 3. The molecule has 2 saturated heterocycles. The van der Waals surface area contributed by atoms with Crippen LogP contribution in [0.2, 0.25) is 4.34 Å².